The van der Waals surface area contributed by atoms with Gasteiger partial charge in [0.1, 0.15) is 18.1 Å². The van der Waals surface area contributed by atoms with Gasteiger partial charge in [0.15, 0.2) is 5.75 Å². The van der Waals surface area contributed by atoms with E-state index in [9.17, 15) is 0 Å². The van der Waals surface area contributed by atoms with E-state index in [0.717, 1.165) is 23.8 Å². The molecule has 5 N–H and O–H groups in total. The first kappa shape index (κ1) is 17.5. The fourth-order valence-corrected chi connectivity index (χ4v) is 2.31. The van der Waals surface area contributed by atoms with Crippen LogP contribution in [-0.4, -0.2) is 64.8 Å². The number of hydrogen-bond donors (Lipinski definition) is 3. The van der Waals surface area contributed by atoms with Crippen LogP contribution in [0.4, 0.5) is 0 Å². The van der Waals surface area contributed by atoms with Crippen molar-refractivity contribution in [2.24, 2.45) is 0 Å². The molecule has 0 unspecified atom stereocenters. The molecule has 0 saturated heterocycles. The van der Waals surface area contributed by atoms with E-state index >= 15 is 0 Å². The summed E-state index contributed by atoms with van der Waals surface area (Å²) < 4.78 is 34.1. The van der Waals surface area contributed by atoms with Crippen LogP contribution in [0.25, 0.3) is 0 Å². The summed E-state index contributed by atoms with van der Waals surface area (Å²) >= 11 is 0. The Morgan fingerprint density at radius 3 is 1.60 bits per heavy atom. The van der Waals surface area contributed by atoms with Crippen LogP contribution in [0.15, 0.2) is 0 Å². The molecule has 0 heterocycles. The molecule has 0 fully saturated rings. The molecule has 0 atom stereocenters. The highest BCUT2D eigenvalue weighted by atomic mass is 32.3. The summed E-state index contributed by atoms with van der Waals surface area (Å²) in [7, 11) is -4.95. The molecule has 0 amide bonds. The van der Waals surface area contributed by atoms with Crippen LogP contribution in [0.5, 0.6) is 0 Å². The quantitative estimate of drug-likeness (QED) is 0.257. The first-order chi connectivity index (χ1) is 6.85. The summed E-state index contributed by atoms with van der Waals surface area (Å²) in [5.41, 5.74) is 3.73. The molecule has 0 radical (unpaired) electrons. The molecule has 0 aliphatic carbocycles. The first-order valence-corrected chi connectivity index (χ1v) is 7.23. The third-order valence-corrected chi connectivity index (χ3v) is 3.58. The first-order valence-electron chi connectivity index (χ1n) is 4.17. The number of quaternary nitrogens is 1. The Balaban J connectivity index is 0. The minimum Gasteiger partial charge on any atom is -0.759 e. The van der Waals surface area contributed by atoms with Gasteiger partial charge in [-0.15, -0.1) is 0 Å². The number of aliphatic hydroxyl groups is 2. The zero-order valence-electron chi connectivity index (χ0n) is 8.29. The normalized spacial score (nSPS) is 11.1. The predicted molar refractivity (Wildman–Crippen MR) is 54.4 cm³/mol. The second-order valence-corrected chi connectivity index (χ2v) is 5.70. The van der Waals surface area contributed by atoms with Gasteiger partial charge in [-0.3, -0.25) is 8.42 Å². The summed E-state index contributed by atoms with van der Waals surface area (Å²) in [5.74, 6) is 2.70. The van der Waals surface area contributed by atoms with Gasteiger partial charge in [0.05, 0.1) is 13.2 Å². The van der Waals surface area contributed by atoms with Gasteiger partial charge in [-0.05, 0) is 10.9 Å². The highest BCUT2D eigenvalue weighted by Gasteiger charge is 2.15. The topological polar surface area (TPSA) is 148 Å². The van der Waals surface area contributed by atoms with Gasteiger partial charge in [-0.1, -0.05) is 0 Å². The van der Waals surface area contributed by atoms with Crippen LogP contribution in [-0.2, 0) is 21.3 Å². The van der Waals surface area contributed by atoms with Gasteiger partial charge in [0.25, 0.3) is 0 Å². The Morgan fingerprint density at radius 1 is 1.07 bits per heavy atom. The molecule has 94 valence electrons. The van der Waals surface area contributed by atoms with Gasteiger partial charge in [-0.2, -0.15) is 0 Å². The van der Waals surface area contributed by atoms with E-state index in [1.54, 1.807) is 0 Å². The smallest absolute Gasteiger partial charge is 0.156 e. The summed E-state index contributed by atoms with van der Waals surface area (Å²) in [5, 5.41) is 17.2. The number of rotatable bonds is 6. The van der Waals surface area contributed by atoms with Gasteiger partial charge >= 0.3 is 0 Å². The van der Waals surface area contributed by atoms with Crippen LogP contribution < -0.4 is 5.73 Å². The number of aliphatic hydroxyl groups excluding tert-OH is 2. The Morgan fingerprint density at radius 2 is 1.40 bits per heavy atom. The zero-order valence-corrected chi connectivity index (χ0v) is 9.93. The van der Waals surface area contributed by atoms with Crippen LogP contribution in [0, 0.1) is 0 Å². The lowest BCUT2D eigenvalue weighted by Gasteiger charge is -2.06. The molecule has 0 aromatic rings. The molecular formula is C6H17NO6S2. The Kier molecular flexibility index (Phi) is 12.4. The molecule has 0 aromatic heterocycles. The van der Waals surface area contributed by atoms with Crippen molar-refractivity contribution in [1.29, 1.82) is 0 Å². The monoisotopic (exact) mass is 263 g/mol. The summed E-state index contributed by atoms with van der Waals surface area (Å²) in [4.78, 5) is 0. The van der Waals surface area contributed by atoms with E-state index in [4.69, 9.17) is 27.7 Å². The molecule has 0 spiro atoms. The van der Waals surface area contributed by atoms with Crippen molar-refractivity contribution in [3.8, 4) is 0 Å². The Bertz CT molecular complexity index is 197. The van der Waals surface area contributed by atoms with E-state index in [1.807, 2.05) is 0 Å². The molecular weight excluding hydrogens is 246 g/mol. The van der Waals surface area contributed by atoms with Crippen LogP contribution in [0.2, 0.25) is 0 Å². The fourth-order valence-electron chi connectivity index (χ4n) is 0.769. The minimum atomic E-state index is -5.17. The predicted octanol–water partition coefficient (Wildman–Crippen LogP) is -3.51. The zero-order chi connectivity index (χ0) is 12.3. The maximum atomic E-state index is 8.59. The number of hydrogen-bond acceptors (Lipinski definition) is 6. The van der Waals surface area contributed by atoms with E-state index in [1.165, 1.54) is 0 Å². The van der Waals surface area contributed by atoms with Gasteiger partial charge < -0.3 is 25.1 Å². The highest BCUT2D eigenvalue weighted by Crippen LogP contribution is 1.93. The van der Waals surface area contributed by atoms with Crippen molar-refractivity contribution < 1.29 is 33.5 Å². The largest absolute Gasteiger partial charge is 0.759 e. The lowest BCUT2D eigenvalue weighted by molar-refractivity contribution is -0.360. The van der Waals surface area contributed by atoms with Crippen LogP contribution >= 0.6 is 0 Å². The van der Waals surface area contributed by atoms with E-state index in [2.05, 4.69) is 5.73 Å². The summed E-state index contributed by atoms with van der Waals surface area (Å²) in [6.07, 6.45) is 0. The third kappa shape index (κ3) is 24.9. The Hall–Kier alpha value is 0.1000. The van der Waals surface area contributed by atoms with Crippen molar-refractivity contribution in [3.63, 3.8) is 0 Å². The molecule has 0 saturated carbocycles. The average Bonchev–Trinajstić information content (AvgIpc) is 2.02. The summed E-state index contributed by atoms with van der Waals surface area (Å²) in [6, 6.07) is 0. The molecule has 0 aliphatic rings. The average molecular weight is 263 g/mol. The molecule has 0 aromatic carbocycles. The molecule has 0 rings (SSSR count). The van der Waals surface area contributed by atoms with E-state index in [-0.39, 0.29) is 24.1 Å². The lowest BCUT2D eigenvalue weighted by Crippen LogP contribution is -2.53. The second kappa shape index (κ2) is 10.6. The van der Waals surface area contributed by atoms with Crippen molar-refractivity contribution in [1.82, 2.24) is 0 Å². The third-order valence-electron chi connectivity index (χ3n) is 1.19. The molecule has 9 heteroatoms. The summed E-state index contributed by atoms with van der Waals surface area (Å²) in [6.45, 7) is 1.38. The molecule has 0 aliphatic heterocycles. The van der Waals surface area contributed by atoms with Crippen molar-refractivity contribution >= 4 is 21.3 Å². The molecule has 15 heavy (non-hydrogen) atoms. The molecule has 0 bridgehead atoms. The van der Waals surface area contributed by atoms with Crippen molar-refractivity contribution in [3.05, 3.63) is 0 Å². The fraction of sp³-hybridized carbons (Fsp3) is 1.00. The maximum absolute atomic E-state index is 8.59. The van der Waals surface area contributed by atoms with Gasteiger partial charge in [0, 0.05) is 10.4 Å². The van der Waals surface area contributed by atoms with Crippen LogP contribution in [0.3, 0.4) is 0 Å². The standard InChI is InChI=1S/C6H16NO2S.H2O4S/c7-1-4-10(5-2-8)6-3-9;1-5(2,3)4/h8-9H,1-7H2;(H2,1,2,3,4)/q+1;/p-1. The Labute approximate surface area is 92.2 Å². The van der Waals surface area contributed by atoms with Gasteiger partial charge in [-0.25, -0.2) is 0 Å². The van der Waals surface area contributed by atoms with Gasteiger partial charge in [0.2, 0.25) is 0 Å². The van der Waals surface area contributed by atoms with Crippen molar-refractivity contribution in [2.45, 2.75) is 0 Å². The second-order valence-electron chi connectivity index (χ2n) is 2.43. The lowest BCUT2D eigenvalue weighted by atomic mass is 10.8. The van der Waals surface area contributed by atoms with E-state index < -0.39 is 10.4 Å². The molecule has 7 nitrogen and oxygen atoms in total. The minimum absolute atomic E-state index is 0.213. The highest BCUT2D eigenvalue weighted by molar-refractivity contribution is 7.96. The van der Waals surface area contributed by atoms with Crippen molar-refractivity contribution in [2.75, 3.05) is 37.0 Å². The van der Waals surface area contributed by atoms with Crippen LogP contribution in [0.1, 0.15) is 0 Å². The van der Waals surface area contributed by atoms with E-state index in [0.29, 0.717) is 0 Å². The maximum Gasteiger partial charge on any atom is 0.156 e. The SMILES string of the molecule is O=S(=O)([O-])[O-].[NH3+]CC[S+](CCO)CCO.